The van der Waals surface area contributed by atoms with E-state index in [9.17, 15) is 4.79 Å². The van der Waals surface area contributed by atoms with E-state index in [4.69, 9.17) is 5.53 Å². The Kier molecular flexibility index (Phi) is 3.59. The number of anilines is 1. The Hall–Kier alpha value is -2.78. The van der Waals surface area contributed by atoms with Gasteiger partial charge in [0.1, 0.15) is 0 Å². The SMILES string of the molecule is [N-]=[N+]=NC(=O)Nc1ccc(-c2ccccc2)cc1. The van der Waals surface area contributed by atoms with Gasteiger partial charge in [-0.15, -0.1) is 0 Å². The molecule has 88 valence electrons. The summed E-state index contributed by atoms with van der Waals surface area (Å²) in [5.41, 5.74) is 10.9. The maximum Gasteiger partial charge on any atom is 0.312 e. The molecule has 0 unspecified atom stereocenters. The lowest BCUT2D eigenvalue weighted by Gasteiger charge is -2.04. The molecule has 2 rings (SSSR count). The van der Waals surface area contributed by atoms with Crippen molar-refractivity contribution in [3.63, 3.8) is 0 Å². The van der Waals surface area contributed by atoms with E-state index in [1.807, 2.05) is 42.5 Å². The zero-order valence-electron chi connectivity index (χ0n) is 9.45. The van der Waals surface area contributed by atoms with Gasteiger partial charge in [-0.1, -0.05) is 42.5 Å². The van der Waals surface area contributed by atoms with Crippen molar-refractivity contribution in [3.05, 3.63) is 65.0 Å². The van der Waals surface area contributed by atoms with Gasteiger partial charge in [-0.05, 0) is 28.8 Å². The molecule has 0 fully saturated rings. The number of hydrogen-bond acceptors (Lipinski definition) is 1. The summed E-state index contributed by atoms with van der Waals surface area (Å²) in [5, 5.41) is 5.39. The van der Waals surface area contributed by atoms with Crippen LogP contribution < -0.4 is 5.32 Å². The van der Waals surface area contributed by atoms with Gasteiger partial charge >= 0.3 is 6.03 Å². The van der Waals surface area contributed by atoms with E-state index in [0.29, 0.717) is 5.69 Å². The van der Waals surface area contributed by atoms with E-state index in [1.165, 1.54) is 0 Å². The maximum absolute atomic E-state index is 11.0. The number of nitrogens with zero attached hydrogens (tertiary/aromatic N) is 3. The fraction of sp³-hybridized carbons (Fsp3) is 0. The van der Waals surface area contributed by atoms with Gasteiger partial charge in [0.2, 0.25) is 0 Å². The average molecular weight is 238 g/mol. The van der Waals surface area contributed by atoms with Crippen molar-refractivity contribution in [1.82, 2.24) is 0 Å². The molecule has 0 radical (unpaired) electrons. The maximum atomic E-state index is 11.0. The molecular formula is C13H10N4O. The van der Waals surface area contributed by atoms with Crippen LogP contribution in [-0.4, -0.2) is 6.03 Å². The fourth-order valence-corrected chi connectivity index (χ4v) is 1.57. The molecule has 0 aliphatic heterocycles. The van der Waals surface area contributed by atoms with E-state index < -0.39 is 6.03 Å². The van der Waals surface area contributed by atoms with Crippen LogP contribution >= 0.6 is 0 Å². The van der Waals surface area contributed by atoms with E-state index in [-0.39, 0.29) is 0 Å². The van der Waals surface area contributed by atoms with Crippen molar-refractivity contribution >= 4 is 11.7 Å². The van der Waals surface area contributed by atoms with Gasteiger partial charge in [-0.3, -0.25) is 4.79 Å². The van der Waals surface area contributed by atoms with Crippen LogP contribution in [-0.2, 0) is 0 Å². The molecule has 2 amide bonds. The highest BCUT2D eigenvalue weighted by atomic mass is 16.2. The molecule has 0 heterocycles. The third-order valence-corrected chi connectivity index (χ3v) is 2.38. The van der Waals surface area contributed by atoms with Crippen molar-refractivity contribution < 1.29 is 4.79 Å². The summed E-state index contributed by atoms with van der Waals surface area (Å²) in [6, 6.07) is 16.5. The molecule has 0 aliphatic rings. The van der Waals surface area contributed by atoms with Gasteiger partial charge in [0.25, 0.3) is 0 Å². The summed E-state index contributed by atoms with van der Waals surface area (Å²) < 4.78 is 0. The molecule has 0 saturated carbocycles. The van der Waals surface area contributed by atoms with Gasteiger partial charge in [0, 0.05) is 15.7 Å². The summed E-state index contributed by atoms with van der Waals surface area (Å²) in [6.07, 6.45) is 0. The van der Waals surface area contributed by atoms with E-state index in [0.717, 1.165) is 11.1 Å². The standard InChI is InChI=1S/C13H10N4O/c14-17-16-13(18)15-12-8-6-11(7-9-12)10-4-2-1-3-5-10/h1-9H,(H,15,18). The number of urea groups is 1. The Bertz CT molecular complexity index is 586. The number of amides is 2. The Morgan fingerprint density at radius 1 is 1.00 bits per heavy atom. The first kappa shape index (κ1) is 11.7. The van der Waals surface area contributed by atoms with E-state index in [1.54, 1.807) is 12.1 Å². The summed E-state index contributed by atoms with van der Waals surface area (Å²) >= 11 is 0. The molecule has 2 aromatic rings. The Morgan fingerprint density at radius 3 is 2.22 bits per heavy atom. The van der Waals surface area contributed by atoms with E-state index >= 15 is 0 Å². The first-order valence-corrected chi connectivity index (χ1v) is 5.31. The van der Waals surface area contributed by atoms with Crippen LogP contribution in [0.25, 0.3) is 21.6 Å². The molecule has 0 saturated heterocycles. The summed E-state index contributed by atoms with van der Waals surface area (Å²) in [5.74, 6) is 0. The zero-order valence-corrected chi connectivity index (χ0v) is 9.45. The van der Waals surface area contributed by atoms with Gasteiger partial charge < -0.3 is 5.32 Å². The largest absolute Gasteiger partial charge is 0.321 e. The predicted molar refractivity (Wildman–Crippen MR) is 70.0 cm³/mol. The fourth-order valence-electron chi connectivity index (χ4n) is 1.57. The predicted octanol–water partition coefficient (Wildman–Crippen LogP) is 4.20. The number of rotatable bonds is 2. The van der Waals surface area contributed by atoms with Gasteiger partial charge in [0.05, 0.1) is 0 Å². The van der Waals surface area contributed by atoms with E-state index in [2.05, 4.69) is 15.3 Å². The van der Waals surface area contributed by atoms with Gasteiger partial charge in [-0.2, -0.15) is 0 Å². The molecule has 0 aromatic heterocycles. The van der Waals surface area contributed by atoms with Crippen LogP contribution in [0.5, 0.6) is 0 Å². The molecule has 1 N–H and O–H groups in total. The highest BCUT2D eigenvalue weighted by molar-refractivity contribution is 5.90. The summed E-state index contributed by atoms with van der Waals surface area (Å²) in [6.45, 7) is 0. The van der Waals surface area contributed by atoms with Crippen LogP contribution in [0.4, 0.5) is 10.5 Å². The molecule has 18 heavy (non-hydrogen) atoms. The van der Waals surface area contributed by atoms with Gasteiger partial charge in [-0.25, -0.2) is 0 Å². The second-order valence-corrected chi connectivity index (χ2v) is 3.56. The van der Waals surface area contributed by atoms with Crippen molar-refractivity contribution in [3.8, 4) is 11.1 Å². The van der Waals surface area contributed by atoms with Crippen LogP contribution in [0.3, 0.4) is 0 Å². The first-order valence-electron chi connectivity index (χ1n) is 5.31. The number of azide groups is 1. The van der Waals surface area contributed by atoms with Crippen molar-refractivity contribution in [1.29, 1.82) is 0 Å². The Balaban J connectivity index is 2.16. The normalized spacial score (nSPS) is 9.33. The minimum Gasteiger partial charge on any atom is -0.321 e. The van der Waals surface area contributed by atoms with Crippen LogP contribution in [0.15, 0.2) is 59.7 Å². The van der Waals surface area contributed by atoms with Crippen LogP contribution in [0.1, 0.15) is 0 Å². The first-order chi connectivity index (χ1) is 8.79. The quantitative estimate of drug-likeness (QED) is 0.475. The second-order valence-electron chi connectivity index (χ2n) is 3.56. The third kappa shape index (κ3) is 2.87. The molecule has 0 aliphatic carbocycles. The van der Waals surface area contributed by atoms with Crippen molar-refractivity contribution in [2.75, 3.05) is 5.32 Å². The minimum atomic E-state index is -0.718. The molecule has 5 nitrogen and oxygen atoms in total. The van der Waals surface area contributed by atoms with Crippen molar-refractivity contribution in [2.45, 2.75) is 0 Å². The lowest BCUT2D eigenvalue weighted by molar-refractivity contribution is 0.259. The van der Waals surface area contributed by atoms with Crippen molar-refractivity contribution in [2.24, 2.45) is 5.11 Å². The Labute approximate surface area is 104 Å². The average Bonchev–Trinajstić information content (AvgIpc) is 2.41. The summed E-state index contributed by atoms with van der Waals surface area (Å²) in [7, 11) is 0. The summed E-state index contributed by atoms with van der Waals surface area (Å²) in [4.78, 5) is 13.4. The number of benzene rings is 2. The lowest BCUT2D eigenvalue weighted by atomic mass is 10.1. The monoisotopic (exact) mass is 238 g/mol. The molecule has 2 aromatic carbocycles. The van der Waals surface area contributed by atoms with Crippen LogP contribution in [0.2, 0.25) is 0 Å². The number of nitrogens with one attached hydrogen (secondary N) is 1. The number of hydrogen-bond donors (Lipinski definition) is 1. The van der Waals surface area contributed by atoms with Gasteiger partial charge in [0.15, 0.2) is 0 Å². The Morgan fingerprint density at radius 2 is 1.61 bits per heavy atom. The topological polar surface area (TPSA) is 77.9 Å². The lowest BCUT2D eigenvalue weighted by Crippen LogP contribution is -2.04. The minimum absolute atomic E-state index is 0.590. The second kappa shape index (κ2) is 5.52. The highest BCUT2D eigenvalue weighted by Crippen LogP contribution is 2.20. The van der Waals surface area contributed by atoms with Crippen LogP contribution in [0, 0.1) is 0 Å². The third-order valence-electron chi connectivity index (χ3n) is 2.38. The highest BCUT2D eigenvalue weighted by Gasteiger charge is 2.00. The number of carbonyl (C=O) groups is 1. The molecule has 5 heteroatoms. The molecule has 0 spiro atoms. The molecule has 0 bridgehead atoms. The smallest absolute Gasteiger partial charge is 0.312 e. The number of carbonyl (C=O) groups excluding carboxylic acids is 1. The molecule has 0 atom stereocenters. The molecular weight excluding hydrogens is 228 g/mol. The zero-order chi connectivity index (χ0) is 12.8.